The van der Waals surface area contributed by atoms with Crippen LogP contribution in [-0.2, 0) is 12.8 Å². The molecule has 13 heavy (non-hydrogen) atoms. The average molecular weight is 177 g/mol. The monoisotopic (exact) mass is 177 g/mol. The molecule has 0 aliphatic carbocycles. The maximum absolute atomic E-state index is 5.90. The topological polar surface area (TPSA) is 26.0 Å². The first kappa shape index (κ1) is 10.3. The molecule has 1 aromatic rings. The SMILES string of the molecule is CCc1cccc(C[C@H](N)CC)c1. The lowest BCUT2D eigenvalue weighted by Gasteiger charge is -2.09. The number of hydrogen-bond donors (Lipinski definition) is 1. The van der Waals surface area contributed by atoms with E-state index >= 15 is 0 Å². The van der Waals surface area contributed by atoms with Crippen LogP contribution in [0.15, 0.2) is 24.3 Å². The molecular formula is C12H19N. The lowest BCUT2D eigenvalue weighted by Crippen LogP contribution is -2.21. The first-order valence-corrected chi connectivity index (χ1v) is 5.09. The summed E-state index contributed by atoms with van der Waals surface area (Å²) >= 11 is 0. The number of nitrogens with two attached hydrogens (primary N) is 1. The summed E-state index contributed by atoms with van der Waals surface area (Å²) < 4.78 is 0. The molecule has 1 rings (SSSR count). The van der Waals surface area contributed by atoms with Gasteiger partial charge < -0.3 is 5.73 Å². The summed E-state index contributed by atoms with van der Waals surface area (Å²) in [4.78, 5) is 0. The van der Waals surface area contributed by atoms with Gasteiger partial charge in [-0.2, -0.15) is 0 Å². The molecule has 0 spiro atoms. The van der Waals surface area contributed by atoms with Crippen molar-refractivity contribution in [3.63, 3.8) is 0 Å². The van der Waals surface area contributed by atoms with Gasteiger partial charge in [0.05, 0.1) is 0 Å². The van der Waals surface area contributed by atoms with Gasteiger partial charge in [0.15, 0.2) is 0 Å². The maximum Gasteiger partial charge on any atom is 0.00766 e. The van der Waals surface area contributed by atoms with E-state index in [2.05, 4.69) is 38.1 Å². The van der Waals surface area contributed by atoms with Gasteiger partial charge in [-0.25, -0.2) is 0 Å². The van der Waals surface area contributed by atoms with E-state index < -0.39 is 0 Å². The van der Waals surface area contributed by atoms with Gasteiger partial charge in [-0.15, -0.1) is 0 Å². The van der Waals surface area contributed by atoms with Crippen LogP contribution in [0.2, 0.25) is 0 Å². The van der Waals surface area contributed by atoms with Gasteiger partial charge in [-0.3, -0.25) is 0 Å². The van der Waals surface area contributed by atoms with E-state index in [1.54, 1.807) is 0 Å². The largest absolute Gasteiger partial charge is 0.327 e. The summed E-state index contributed by atoms with van der Waals surface area (Å²) in [6, 6.07) is 9.02. The van der Waals surface area contributed by atoms with Gasteiger partial charge in [0.25, 0.3) is 0 Å². The molecule has 72 valence electrons. The molecule has 0 unspecified atom stereocenters. The highest BCUT2D eigenvalue weighted by molar-refractivity contribution is 5.24. The first-order valence-electron chi connectivity index (χ1n) is 5.09. The van der Waals surface area contributed by atoms with E-state index in [4.69, 9.17) is 5.73 Å². The third kappa shape index (κ3) is 3.19. The van der Waals surface area contributed by atoms with Crippen LogP contribution in [0, 0.1) is 0 Å². The fourth-order valence-corrected chi connectivity index (χ4v) is 1.42. The molecule has 0 fully saturated rings. The predicted octanol–water partition coefficient (Wildman–Crippen LogP) is 2.53. The van der Waals surface area contributed by atoms with Crippen LogP contribution in [0.5, 0.6) is 0 Å². The fraction of sp³-hybridized carbons (Fsp3) is 0.500. The number of aryl methyl sites for hydroxylation is 1. The molecule has 2 N–H and O–H groups in total. The van der Waals surface area contributed by atoms with Crippen molar-refractivity contribution in [3.8, 4) is 0 Å². The standard InChI is InChI=1S/C12H19N/c1-3-10-6-5-7-11(8-10)9-12(13)4-2/h5-8,12H,3-4,9,13H2,1-2H3/t12-/m1/s1. The van der Waals surface area contributed by atoms with Crippen LogP contribution in [-0.4, -0.2) is 6.04 Å². The van der Waals surface area contributed by atoms with Gasteiger partial charge >= 0.3 is 0 Å². The van der Waals surface area contributed by atoms with Crippen molar-refractivity contribution in [1.29, 1.82) is 0 Å². The molecule has 1 nitrogen and oxygen atoms in total. The molecule has 1 heteroatoms. The molecule has 0 radical (unpaired) electrons. The molecule has 1 aromatic carbocycles. The summed E-state index contributed by atoms with van der Waals surface area (Å²) in [6.07, 6.45) is 3.16. The van der Waals surface area contributed by atoms with E-state index in [9.17, 15) is 0 Å². The molecule has 0 saturated carbocycles. The Kier molecular flexibility index (Phi) is 3.97. The number of benzene rings is 1. The Morgan fingerprint density at radius 2 is 1.92 bits per heavy atom. The van der Waals surface area contributed by atoms with E-state index in [0.717, 1.165) is 19.3 Å². The van der Waals surface area contributed by atoms with Crippen LogP contribution in [0.25, 0.3) is 0 Å². The second-order valence-electron chi connectivity index (χ2n) is 3.55. The molecule has 0 heterocycles. The van der Waals surface area contributed by atoms with E-state index in [1.807, 2.05) is 0 Å². The average Bonchev–Trinajstić information content (AvgIpc) is 2.18. The van der Waals surface area contributed by atoms with Crippen LogP contribution >= 0.6 is 0 Å². The highest BCUT2D eigenvalue weighted by Crippen LogP contribution is 2.08. The predicted molar refractivity (Wildman–Crippen MR) is 57.8 cm³/mol. The Hall–Kier alpha value is -0.820. The van der Waals surface area contributed by atoms with Crippen molar-refractivity contribution in [2.45, 2.75) is 39.2 Å². The van der Waals surface area contributed by atoms with Crippen molar-refractivity contribution in [1.82, 2.24) is 0 Å². The maximum atomic E-state index is 5.90. The lowest BCUT2D eigenvalue weighted by atomic mass is 10.0. The van der Waals surface area contributed by atoms with Gasteiger partial charge in [0, 0.05) is 6.04 Å². The van der Waals surface area contributed by atoms with Crippen molar-refractivity contribution in [2.24, 2.45) is 5.73 Å². The summed E-state index contributed by atoms with van der Waals surface area (Å²) in [5.41, 5.74) is 8.67. The Balaban J connectivity index is 2.66. The fourth-order valence-electron chi connectivity index (χ4n) is 1.42. The molecule has 1 atom stereocenters. The van der Waals surface area contributed by atoms with Crippen molar-refractivity contribution in [2.75, 3.05) is 0 Å². The van der Waals surface area contributed by atoms with Gasteiger partial charge in [0.2, 0.25) is 0 Å². The third-order valence-electron chi connectivity index (χ3n) is 2.42. The van der Waals surface area contributed by atoms with Crippen molar-refractivity contribution < 1.29 is 0 Å². The smallest absolute Gasteiger partial charge is 0.00766 e. The molecule has 0 aliphatic heterocycles. The molecule has 0 saturated heterocycles. The second kappa shape index (κ2) is 5.03. The van der Waals surface area contributed by atoms with E-state index in [-0.39, 0.29) is 0 Å². The van der Waals surface area contributed by atoms with Crippen molar-refractivity contribution in [3.05, 3.63) is 35.4 Å². The molecule has 0 bridgehead atoms. The molecule has 0 aromatic heterocycles. The summed E-state index contributed by atoms with van der Waals surface area (Å²) in [5, 5.41) is 0. The Morgan fingerprint density at radius 3 is 2.54 bits per heavy atom. The zero-order chi connectivity index (χ0) is 9.68. The highest BCUT2D eigenvalue weighted by Gasteiger charge is 2.01. The first-order chi connectivity index (χ1) is 6.26. The van der Waals surface area contributed by atoms with Crippen LogP contribution < -0.4 is 5.73 Å². The van der Waals surface area contributed by atoms with E-state index in [0.29, 0.717) is 6.04 Å². The van der Waals surface area contributed by atoms with Gasteiger partial charge in [0.1, 0.15) is 0 Å². The minimum Gasteiger partial charge on any atom is -0.327 e. The lowest BCUT2D eigenvalue weighted by molar-refractivity contribution is 0.646. The number of rotatable bonds is 4. The zero-order valence-electron chi connectivity index (χ0n) is 8.59. The van der Waals surface area contributed by atoms with Crippen LogP contribution in [0.3, 0.4) is 0 Å². The molecular weight excluding hydrogens is 158 g/mol. The van der Waals surface area contributed by atoms with Crippen LogP contribution in [0.4, 0.5) is 0 Å². The van der Waals surface area contributed by atoms with Gasteiger partial charge in [-0.1, -0.05) is 38.1 Å². The summed E-state index contributed by atoms with van der Waals surface area (Å²) in [5.74, 6) is 0. The summed E-state index contributed by atoms with van der Waals surface area (Å²) in [7, 11) is 0. The Morgan fingerprint density at radius 1 is 1.23 bits per heavy atom. The Labute approximate surface area is 81.0 Å². The number of hydrogen-bond acceptors (Lipinski definition) is 1. The van der Waals surface area contributed by atoms with Gasteiger partial charge in [-0.05, 0) is 30.4 Å². The Bertz CT molecular complexity index is 255. The normalized spacial score (nSPS) is 12.8. The minimum absolute atomic E-state index is 0.312. The highest BCUT2D eigenvalue weighted by atomic mass is 14.6. The molecule has 0 amide bonds. The summed E-state index contributed by atoms with van der Waals surface area (Å²) in [6.45, 7) is 4.31. The van der Waals surface area contributed by atoms with Crippen LogP contribution in [0.1, 0.15) is 31.4 Å². The minimum atomic E-state index is 0.312. The zero-order valence-corrected chi connectivity index (χ0v) is 8.59. The molecule has 0 aliphatic rings. The quantitative estimate of drug-likeness (QED) is 0.751. The third-order valence-corrected chi connectivity index (χ3v) is 2.42. The van der Waals surface area contributed by atoms with E-state index in [1.165, 1.54) is 11.1 Å². The van der Waals surface area contributed by atoms with Crippen molar-refractivity contribution >= 4 is 0 Å². The second-order valence-corrected chi connectivity index (χ2v) is 3.55.